The molecule has 3 heteroatoms. The van der Waals surface area contributed by atoms with Gasteiger partial charge < -0.3 is 4.74 Å². The minimum atomic E-state index is -0.00278. The van der Waals surface area contributed by atoms with Crippen molar-refractivity contribution in [2.75, 3.05) is 25.0 Å². The highest BCUT2D eigenvalue weighted by atomic mass is 79.9. The predicted octanol–water partition coefficient (Wildman–Crippen LogP) is 3.69. The minimum absolute atomic E-state index is 0.00278. The highest BCUT2D eigenvalue weighted by molar-refractivity contribution is 9.09. The topological polar surface area (TPSA) is 12.5 Å². The number of alkyl halides is 1. The number of ether oxygens (including phenoxy) is 1. The van der Waals surface area contributed by atoms with Gasteiger partial charge in [0.15, 0.2) is 0 Å². The smallest absolute Gasteiger partial charge is 0.0757 e. The van der Waals surface area contributed by atoms with Gasteiger partial charge in [-0.1, -0.05) is 29.8 Å². The third kappa shape index (κ3) is 4.22. The van der Waals surface area contributed by atoms with Crippen LogP contribution >= 0.6 is 15.9 Å². The quantitative estimate of drug-likeness (QED) is 0.718. The molecule has 0 radical (unpaired) electrons. The van der Waals surface area contributed by atoms with E-state index in [9.17, 15) is 0 Å². The van der Waals surface area contributed by atoms with E-state index in [0.717, 1.165) is 18.4 Å². The summed E-state index contributed by atoms with van der Waals surface area (Å²) in [5.41, 5.74) is 0.421. The maximum absolute atomic E-state index is 5.97. The molecule has 1 saturated heterocycles. The zero-order valence-corrected chi connectivity index (χ0v) is 13.6. The standard InChI is InChI=1S/C14H28BrNO/c1-6-14(7-2,9-15)11-16-8-12(3)17-13(4,5)10-16/h12H,6-11H2,1-5H3. The van der Waals surface area contributed by atoms with Gasteiger partial charge in [-0.3, -0.25) is 4.90 Å². The van der Waals surface area contributed by atoms with E-state index in [1.54, 1.807) is 0 Å². The second-order valence-electron chi connectivity index (χ2n) is 6.20. The van der Waals surface area contributed by atoms with E-state index in [0.29, 0.717) is 11.5 Å². The van der Waals surface area contributed by atoms with Gasteiger partial charge in [0.2, 0.25) is 0 Å². The fraction of sp³-hybridized carbons (Fsp3) is 1.00. The number of morpholine rings is 1. The first-order valence-electron chi connectivity index (χ1n) is 6.82. The molecule has 1 fully saturated rings. The molecule has 102 valence electrons. The van der Waals surface area contributed by atoms with Crippen LogP contribution in [-0.4, -0.2) is 41.6 Å². The zero-order valence-electron chi connectivity index (χ0n) is 12.1. The third-order valence-corrected chi connectivity index (χ3v) is 5.17. The van der Waals surface area contributed by atoms with Gasteiger partial charge in [0, 0.05) is 25.0 Å². The zero-order chi connectivity index (χ0) is 13.1. The second kappa shape index (κ2) is 6.03. The Morgan fingerprint density at radius 3 is 2.35 bits per heavy atom. The van der Waals surface area contributed by atoms with Gasteiger partial charge in [-0.25, -0.2) is 0 Å². The molecule has 0 spiro atoms. The van der Waals surface area contributed by atoms with Crippen molar-refractivity contribution >= 4 is 15.9 Å². The Hall–Kier alpha value is 0.400. The maximum atomic E-state index is 5.97. The molecule has 17 heavy (non-hydrogen) atoms. The average molecular weight is 306 g/mol. The highest BCUT2D eigenvalue weighted by Crippen LogP contribution is 2.32. The molecule has 1 rings (SSSR count). The molecule has 0 aromatic heterocycles. The van der Waals surface area contributed by atoms with Crippen molar-refractivity contribution in [3.05, 3.63) is 0 Å². The van der Waals surface area contributed by atoms with E-state index in [1.807, 2.05) is 0 Å². The van der Waals surface area contributed by atoms with Crippen LogP contribution in [0.25, 0.3) is 0 Å². The van der Waals surface area contributed by atoms with Gasteiger partial charge in [-0.05, 0) is 39.0 Å². The highest BCUT2D eigenvalue weighted by Gasteiger charge is 2.35. The van der Waals surface area contributed by atoms with E-state index in [1.165, 1.54) is 19.4 Å². The van der Waals surface area contributed by atoms with Gasteiger partial charge in [-0.2, -0.15) is 0 Å². The first-order valence-corrected chi connectivity index (χ1v) is 7.94. The van der Waals surface area contributed by atoms with Crippen LogP contribution in [0.4, 0.5) is 0 Å². The Balaban J connectivity index is 2.66. The number of hydrogen-bond donors (Lipinski definition) is 0. The summed E-state index contributed by atoms with van der Waals surface area (Å²) in [6.45, 7) is 14.5. The SMILES string of the molecule is CCC(CC)(CBr)CN1CC(C)OC(C)(C)C1. The molecule has 0 aromatic carbocycles. The normalized spacial score (nSPS) is 26.1. The van der Waals surface area contributed by atoms with E-state index < -0.39 is 0 Å². The largest absolute Gasteiger partial charge is 0.370 e. The number of hydrogen-bond acceptors (Lipinski definition) is 2. The van der Waals surface area contributed by atoms with Gasteiger partial charge in [0.05, 0.1) is 11.7 Å². The first kappa shape index (κ1) is 15.5. The Labute approximate surface area is 115 Å². The molecular weight excluding hydrogens is 278 g/mol. The first-order chi connectivity index (χ1) is 7.86. The van der Waals surface area contributed by atoms with Crippen LogP contribution in [0.1, 0.15) is 47.5 Å². The molecule has 1 aliphatic heterocycles. The summed E-state index contributed by atoms with van der Waals surface area (Å²) in [5, 5.41) is 1.10. The summed E-state index contributed by atoms with van der Waals surface area (Å²) in [4.78, 5) is 2.59. The summed E-state index contributed by atoms with van der Waals surface area (Å²) in [7, 11) is 0. The lowest BCUT2D eigenvalue weighted by molar-refractivity contribution is -0.134. The van der Waals surface area contributed by atoms with Crippen LogP contribution < -0.4 is 0 Å². The van der Waals surface area contributed by atoms with Crippen molar-refractivity contribution in [2.24, 2.45) is 5.41 Å². The van der Waals surface area contributed by atoms with E-state index in [2.05, 4.69) is 55.4 Å². The van der Waals surface area contributed by atoms with Gasteiger partial charge in [0.25, 0.3) is 0 Å². The van der Waals surface area contributed by atoms with Crippen molar-refractivity contribution in [3.63, 3.8) is 0 Å². The molecule has 1 atom stereocenters. The van der Waals surface area contributed by atoms with Gasteiger partial charge >= 0.3 is 0 Å². The van der Waals surface area contributed by atoms with Crippen LogP contribution in [0, 0.1) is 5.41 Å². The van der Waals surface area contributed by atoms with E-state index in [4.69, 9.17) is 4.74 Å². The molecule has 0 saturated carbocycles. The van der Waals surface area contributed by atoms with Crippen LogP contribution in [0.3, 0.4) is 0 Å². The fourth-order valence-corrected chi connectivity index (χ4v) is 3.86. The van der Waals surface area contributed by atoms with Crippen molar-refractivity contribution in [3.8, 4) is 0 Å². The lowest BCUT2D eigenvalue weighted by Gasteiger charge is -2.45. The molecule has 0 bridgehead atoms. The molecule has 1 heterocycles. The molecule has 0 aliphatic carbocycles. The molecule has 0 aromatic rings. The summed E-state index contributed by atoms with van der Waals surface area (Å²) in [6, 6.07) is 0. The summed E-state index contributed by atoms with van der Waals surface area (Å²) >= 11 is 3.71. The Morgan fingerprint density at radius 2 is 1.94 bits per heavy atom. The number of nitrogens with zero attached hydrogens (tertiary/aromatic N) is 1. The lowest BCUT2D eigenvalue weighted by atomic mass is 9.83. The third-order valence-electron chi connectivity index (χ3n) is 3.98. The van der Waals surface area contributed by atoms with E-state index >= 15 is 0 Å². The molecule has 2 nitrogen and oxygen atoms in total. The van der Waals surface area contributed by atoms with Crippen LogP contribution in [0.15, 0.2) is 0 Å². The Kier molecular flexibility index (Phi) is 5.48. The van der Waals surface area contributed by atoms with Crippen molar-refractivity contribution in [2.45, 2.75) is 59.2 Å². The number of rotatable bonds is 5. The molecule has 0 N–H and O–H groups in total. The lowest BCUT2D eigenvalue weighted by Crippen LogP contribution is -2.54. The van der Waals surface area contributed by atoms with Crippen molar-refractivity contribution in [1.82, 2.24) is 4.90 Å². The van der Waals surface area contributed by atoms with E-state index in [-0.39, 0.29) is 5.60 Å². The van der Waals surface area contributed by atoms with Crippen molar-refractivity contribution in [1.29, 1.82) is 0 Å². The molecule has 1 unspecified atom stereocenters. The maximum Gasteiger partial charge on any atom is 0.0757 e. The molecule has 1 aliphatic rings. The van der Waals surface area contributed by atoms with Crippen LogP contribution in [0.5, 0.6) is 0 Å². The monoisotopic (exact) mass is 305 g/mol. The van der Waals surface area contributed by atoms with Crippen LogP contribution in [-0.2, 0) is 4.74 Å². The predicted molar refractivity (Wildman–Crippen MR) is 77.9 cm³/mol. The number of halogens is 1. The summed E-state index contributed by atoms with van der Waals surface area (Å²) in [6.07, 6.45) is 2.82. The average Bonchev–Trinajstić information content (AvgIpc) is 2.23. The summed E-state index contributed by atoms with van der Waals surface area (Å²) < 4.78 is 5.97. The van der Waals surface area contributed by atoms with Gasteiger partial charge in [0.1, 0.15) is 0 Å². The summed E-state index contributed by atoms with van der Waals surface area (Å²) in [5.74, 6) is 0. The molecular formula is C14H28BrNO. The molecule has 0 amide bonds. The van der Waals surface area contributed by atoms with Crippen LogP contribution in [0.2, 0.25) is 0 Å². The second-order valence-corrected chi connectivity index (χ2v) is 6.76. The Bertz CT molecular complexity index is 230. The Morgan fingerprint density at radius 1 is 1.35 bits per heavy atom. The van der Waals surface area contributed by atoms with Gasteiger partial charge in [-0.15, -0.1) is 0 Å². The van der Waals surface area contributed by atoms with Crippen molar-refractivity contribution < 1.29 is 4.74 Å². The fourth-order valence-electron chi connectivity index (χ4n) is 2.89. The minimum Gasteiger partial charge on any atom is -0.370 e.